The summed E-state index contributed by atoms with van der Waals surface area (Å²) in [4.78, 5) is 2.18. The van der Waals surface area contributed by atoms with Crippen molar-refractivity contribution < 1.29 is 17.3 Å². The van der Waals surface area contributed by atoms with Crippen LogP contribution in [0.4, 0.5) is 0 Å². The van der Waals surface area contributed by atoms with Crippen molar-refractivity contribution in [2.24, 2.45) is 0 Å². The molecule has 0 amide bonds. The van der Waals surface area contributed by atoms with Crippen LogP contribution in [-0.4, -0.2) is 51.1 Å². The van der Waals surface area contributed by atoms with Crippen molar-refractivity contribution in [1.82, 2.24) is 4.90 Å². The van der Waals surface area contributed by atoms with Crippen molar-refractivity contribution >= 4 is 10.1 Å². The molecule has 15 heavy (non-hydrogen) atoms. The van der Waals surface area contributed by atoms with Gasteiger partial charge in [0.1, 0.15) is 12.3 Å². The molecular weight excluding hydrogens is 218 g/mol. The molecular formula is C9H17NO4S. The van der Waals surface area contributed by atoms with Crippen molar-refractivity contribution in [3.63, 3.8) is 0 Å². The molecule has 2 rings (SSSR count). The van der Waals surface area contributed by atoms with Gasteiger partial charge in [0.15, 0.2) is 0 Å². The van der Waals surface area contributed by atoms with E-state index in [1.807, 2.05) is 0 Å². The van der Waals surface area contributed by atoms with E-state index in [4.69, 9.17) is 8.92 Å². The predicted molar refractivity (Wildman–Crippen MR) is 54.9 cm³/mol. The molecule has 2 aliphatic rings. The summed E-state index contributed by atoms with van der Waals surface area (Å²) in [5.74, 6) is 0. The maximum Gasteiger partial charge on any atom is 0.264 e. The van der Waals surface area contributed by atoms with Crippen LogP contribution in [0.1, 0.15) is 19.8 Å². The Morgan fingerprint density at radius 1 is 1.47 bits per heavy atom. The van der Waals surface area contributed by atoms with E-state index < -0.39 is 16.2 Å². The van der Waals surface area contributed by atoms with Gasteiger partial charge in [-0.05, 0) is 19.8 Å². The first-order valence-corrected chi connectivity index (χ1v) is 7.04. The van der Waals surface area contributed by atoms with Crippen LogP contribution in [0.5, 0.6) is 0 Å². The highest BCUT2D eigenvalue weighted by molar-refractivity contribution is 7.86. The highest BCUT2D eigenvalue weighted by Gasteiger charge is 2.41. The van der Waals surface area contributed by atoms with E-state index in [0.29, 0.717) is 12.6 Å². The third-order valence-electron chi connectivity index (χ3n) is 2.98. The fourth-order valence-corrected chi connectivity index (χ4v) is 2.90. The van der Waals surface area contributed by atoms with Crippen molar-refractivity contribution in [2.45, 2.75) is 38.1 Å². The molecule has 0 aliphatic carbocycles. The second-order valence-corrected chi connectivity index (χ2v) is 5.84. The van der Waals surface area contributed by atoms with E-state index in [2.05, 4.69) is 4.90 Å². The second kappa shape index (κ2) is 4.01. The molecule has 0 aromatic rings. The maximum absolute atomic E-state index is 11.0. The minimum absolute atomic E-state index is 0.202. The highest BCUT2D eigenvalue weighted by atomic mass is 32.2. The topological polar surface area (TPSA) is 55.8 Å². The molecule has 0 radical (unpaired) electrons. The van der Waals surface area contributed by atoms with Gasteiger partial charge >= 0.3 is 0 Å². The molecule has 0 aromatic heterocycles. The number of hydrogen-bond donors (Lipinski definition) is 0. The number of hydrogen-bond acceptors (Lipinski definition) is 5. The van der Waals surface area contributed by atoms with Gasteiger partial charge in [-0.3, -0.25) is 9.08 Å². The fraction of sp³-hybridized carbons (Fsp3) is 1.00. The second-order valence-electron chi connectivity index (χ2n) is 4.24. The van der Waals surface area contributed by atoms with Crippen LogP contribution in [0.3, 0.4) is 0 Å². The van der Waals surface area contributed by atoms with Crippen LogP contribution in [0.15, 0.2) is 0 Å². The quantitative estimate of drug-likeness (QED) is 0.653. The Labute approximate surface area is 90.5 Å². The predicted octanol–water partition coefficient (Wildman–Crippen LogP) is 0.172. The lowest BCUT2D eigenvalue weighted by atomic mass is 9.97. The molecule has 6 heteroatoms. The first-order valence-electron chi connectivity index (χ1n) is 5.23. The molecule has 0 N–H and O–H groups in total. The molecule has 5 nitrogen and oxygen atoms in total. The molecule has 0 aromatic carbocycles. The first-order chi connectivity index (χ1) is 6.97. The van der Waals surface area contributed by atoms with E-state index in [9.17, 15) is 8.42 Å². The average molecular weight is 235 g/mol. The summed E-state index contributed by atoms with van der Waals surface area (Å²) >= 11 is 0. The average Bonchev–Trinajstić information content (AvgIpc) is 2.03. The van der Waals surface area contributed by atoms with Gasteiger partial charge < -0.3 is 4.74 Å². The minimum Gasteiger partial charge on any atom is -0.360 e. The van der Waals surface area contributed by atoms with Crippen LogP contribution in [0.25, 0.3) is 0 Å². The standard InChI is InChI=1S/C9H17NO4S/c1-7(14-15(2,11)12)9-10-5-3-8(10)4-6-13-9/h7-9H,3-6H2,1-2H3. The summed E-state index contributed by atoms with van der Waals surface area (Å²) in [5.41, 5.74) is 0. The zero-order chi connectivity index (χ0) is 11.1. The number of fused-ring (bicyclic) bond motifs is 1. The molecule has 0 spiro atoms. The monoisotopic (exact) mass is 235 g/mol. The molecule has 2 aliphatic heterocycles. The minimum atomic E-state index is -3.40. The van der Waals surface area contributed by atoms with Crippen molar-refractivity contribution in [3.8, 4) is 0 Å². The zero-order valence-electron chi connectivity index (χ0n) is 9.05. The van der Waals surface area contributed by atoms with Crippen molar-refractivity contribution in [1.29, 1.82) is 0 Å². The van der Waals surface area contributed by atoms with Gasteiger partial charge in [0.2, 0.25) is 0 Å². The lowest BCUT2D eigenvalue weighted by Crippen LogP contribution is -2.61. The molecule has 2 fully saturated rings. The first kappa shape index (κ1) is 11.3. The lowest BCUT2D eigenvalue weighted by Gasteiger charge is -2.50. The van der Waals surface area contributed by atoms with Crippen molar-refractivity contribution in [3.05, 3.63) is 0 Å². The molecule has 3 atom stereocenters. The Bertz CT molecular complexity index is 329. The summed E-state index contributed by atoms with van der Waals surface area (Å²) in [7, 11) is -3.40. The molecule has 88 valence electrons. The van der Waals surface area contributed by atoms with Gasteiger partial charge in [-0.15, -0.1) is 0 Å². The summed E-state index contributed by atoms with van der Waals surface area (Å²) in [6.45, 7) is 3.42. The van der Waals surface area contributed by atoms with E-state index in [1.165, 1.54) is 6.42 Å². The normalized spacial score (nSPS) is 34.3. The number of nitrogens with zero attached hydrogens (tertiary/aromatic N) is 1. The van der Waals surface area contributed by atoms with E-state index in [0.717, 1.165) is 19.2 Å². The smallest absolute Gasteiger partial charge is 0.264 e. The van der Waals surface area contributed by atoms with E-state index in [-0.39, 0.29) is 6.23 Å². The highest BCUT2D eigenvalue weighted by Crippen LogP contribution is 2.30. The third kappa shape index (κ3) is 2.50. The molecule has 0 bridgehead atoms. The fourth-order valence-electron chi connectivity index (χ4n) is 2.25. The van der Waals surface area contributed by atoms with Crippen molar-refractivity contribution in [2.75, 3.05) is 19.4 Å². The van der Waals surface area contributed by atoms with E-state index >= 15 is 0 Å². The Kier molecular flexibility index (Phi) is 3.03. The zero-order valence-corrected chi connectivity index (χ0v) is 9.87. The van der Waals surface area contributed by atoms with Gasteiger partial charge in [-0.1, -0.05) is 0 Å². The van der Waals surface area contributed by atoms with Crippen LogP contribution < -0.4 is 0 Å². The Balaban J connectivity index is 1.97. The van der Waals surface area contributed by atoms with Crippen LogP contribution >= 0.6 is 0 Å². The SMILES string of the molecule is CC(OS(C)(=O)=O)C1OCCC2CCN21. The maximum atomic E-state index is 11.0. The molecule has 2 saturated heterocycles. The lowest BCUT2D eigenvalue weighted by molar-refractivity contribution is -0.191. The van der Waals surface area contributed by atoms with Gasteiger partial charge in [0.25, 0.3) is 10.1 Å². The Morgan fingerprint density at radius 3 is 2.73 bits per heavy atom. The molecule has 0 saturated carbocycles. The largest absolute Gasteiger partial charge is 0.360 e. The van der Waals surface area contributed by atoms with Crippen LogP contribution in [0, 0.1) is 0 Å². The molecule has 3 unspecified atom stereocenters. The Hall–Kier alpha value is -0.170. The van der Waals surface area contributed by atoms with Crippen LogP contribution in [0.2, 0.25) is 0 Å². The summed E-state index contributed by atoms with van der Waals surface area (Å²) in [5, 5.41) is 0. The van der Waals surface area contributed by atoms with Gasteiger partial charge in [-0.25, -0.2) is 0 Å². The summed E-state index contributed by atoms with van der Waals surface area (Å²) < 4.78 is 32.5. The Morgan fingerprint density at radius 2 is 2.20 bits per heavy atom. The third-order valence-corrected chi connectivity index (χ3v) is 3.64. The van der Waals surface area contributed by atoms with Gasteiger partial charge in [0, 0.05) is 12.6 Å². The molecule has 2 heterocycles. The number of ether oxygens (including phenoxy) is 1. The summed E-state index contributed by atoms with van der Waals surface area (Å²) in [6, 6.07) is 0.564. The van der Waals surface area contributed by atoms with E-state index in [1.54, 1.807) is 6.92 Å². The summed E-state index contributed by atoms with van der Waals surface area (Å²) in [6.07, 6.45) is 2.67. The van der Waals surface area contributed by atoms with Gasteiger partial charge in [-0.2, -0.15) is 8.42 Å². The van der Waals surface area contributed by atoms with Crippen LogP contribution in [-0.2, 0) is 19.0 Å². The number of rotatable bonds is 3. The van der Waals surface area contributed by atoms with Gasteiger partial charge in [0.05, 0.1) is 12.9 Å².